The maximum Gasteiger partial charge on any atom is 0.294 e. The molecular formula is C12H11F2N3O2S2. The number of hydrogen-bond acceptors (Lipinski definition) is 6. The van der Waals surface area contributed by atoms with Crippen molar-refractivity contribution in [2.24, 2.45) is 0 Å². The summed E-state index contributed by atoms with van der Waals surface area (Å²) in [4.78, 5) is 16.9. The first-order chi connectivity index (χ1) is 9.94. The Bertz CT molecular complexity index is 629. The van der Waals surface area contributed by atoms with Gasteiger partial charge in [-0.25, -0.2) is 8.78 Å². The van der Waals surface area contributed by atoms with E-state index in [1.807, 2.05) is 0 Å². The molecule has 0 N–H and O–H groups in total. The molecule has 21 heavy (non-hydrogen) atoms. The van der Waals surface area contributed by atoms with Crippen LogP contribution >= 0.6 is 23.3 Å². The molecule has 0 saturated carbocycles. The number of ether oxygens (including phenoxy) is 1. The molecule has 0 radical (unpaired) electrons. The van der Waals surface area contributed by atoms with Gasteiger partial charge in [-0.3, -0.25) is 4.79 Å². The van der Waals surface area contributed by atoms with Gasteiger partial charge in [0.15, 0.2) is 0 Å². The van der Waals surface area contributed by atoms with Crippen LogP contribution in [0.2, 0.25) is 0 Å². The monoisotopic (exact) mass is 331 g/mol. The Morgan fingerprint density at radius 1 is 1.33 bits per heavy atom. The summed E-state index contributed by atoms with van der Waals surface area (Å²) < 4.78 is 35.3. The lowest BCUT2D eigenvalue weighted by molar-refractivity contribution is 0.241. The summed E-state index contributed by atoms with van der Waals surface area (Å²) in [6.45, 7) is -0.0321. The molecule has 1 aromatic heterocycles. The van der Waals surface area contributed by atoms with E-state index < -0.39 is 11.6 Å². The molecule has 0 spiro atoms. The van der Waals surface area contributed by atoms with Crippen LogP contribution in [0.25, 0.3) is 0 Å². The number of nitrogens with zero attached hydrogens (tertiary/aromatic N) is 3. The summed E-state index contributed by atoms with van der Waals surface area (Å²) in [6, 6.07) is 3.14. The first-order valence-electron chi connectivity index (χ1n) is 5.74. The van der Waals surface area contributed by atoms with Crippen LogP contribution in [0.4, 0.5) is 13.6 Å². The van der Waals surface area contributed by atoms with Gasteiger partial charge in [0.2, 0.25) is 5.16 Å². The minimum atomic E-state index is -0.668. The Hall–Kier alpha value is -1.74. The zero-order chi connectivity index (χ0) is 15.4. The van der Waals surface area contributed by atoms with Crippen LogP contribution in [0.5, 0.6) is 5.19 Å². The van der Waals surface area contributed by atoms with Crippen molar-refractivity contribution in [3.63, 3.8) is 0 Å². The van der Waals surface area contributed by atoms with E-state index in [0.29, 0.717) is 5.56 Å². The van der Waals surface area contributed by atoms with Crippen LogP contribution in [0.1, 0.15) is 5.56 Å². The third-order valence-corrected chi connectivity index (χ3v) is 3.87. The van der Waals surface area contributed by atoms with Gasteiger partial charge in [-0.1, -0.05) is 0 Å². The first-order valence-corrected chi connectivity index (χ1v) is 7.33. The van der Waals surface area contributed by atoms with E-state index in [9.17, 15) is 13.6 Å². The number of benzene rings is 1. The van der Waals surface area contributed by atoms with Gasteiger partial charge < -0.3 is 9.64 Å². The maximum atomic E-state index is 13.0. The van der Waals surface area contributed by atoms with Crippen molar-refractivity contribution in [2.45, 2.75) is 11.8 Å². The van der Waals surface area contributed by atoms with Gasteiger partial charge in [0.25, 0.3) is 10.4 Å². The van der Waals surface area contributed by atoms with Crippen LogP contribution < -0.4 is 4.74 Å². The molecule has 2 aromatic rings. The van der Waals surface area contributed by atoms with Crippen LogP contribution in [-0.4, -0.2) is 33.6 Å². The topological polar surface area (TPSA) is 55.3 Å². The van der Waals surface area contributed by atoms with Crippen molar-refractivity contribution in [2.75, 3.05) is 14.1 Å². The molecule has 1 aromatic carbocycles. The minimum Gasteiger partial charge on any atom is -0.464 e. The average molecular weight is 331 g/mol. The van der Waals surface area contributed by atoms with E-state index in [1.165, 1.54) is 17.0 Å². The Kier molecular flexibility index (Phi) is 5.07. The molecule has 0 atom stereocenters. The highest BCUT2D eigenvalue weighted by Gasteiger charge is 2.13. The number of rotatable bonds is 4. The second-order valence-corrected chi connectivity index (χ2v) is 5.80. The molecule has 0 unspecified atom stereocenters. The normalized spacial score (nSPS) is 10.5. The van der Waals surface area contributed by atoms with Crippen molar-refractivity contribution >= 4 is 28.5 Å². The second-order valence-electron chi connectivity index (χ2n) is 4.17. The zero-order valence-corrected chi connectivity index (χ0v) is 12.8. The van der Waals surface area contributed by atoms with E-state index in [-0.39, 0.29) is 22.2 Å². The molecule has 112 valence electrons. The number of aromatic nitrogens is 2. The minimum absolute atomic E-state index is 0.0321. The highest BCUT2D eigenvalue weighted by atomic mass is 32.2. The molecular weight excluding hydrogens is 320 g/mol. The van der Waals surface area contributed by atoms with Gasteiger partial charge in [-0.2, -0.15) is 9.36 Å². The summed E-state index contributed by atoms with van der Waals surface area (Å²) in [6.07, 6.45) is 0. The summed E-state index contributed by atoms with van der Waals surface area (Å²) in [7, 11) is 3.25. The van der Waals surface area contributed by atoms with Gasteiger partial charge >= 0.3 is 0 Å². The number of halogens is 2. The molecule has 0 aliphatic carbocycles. The Balaban J connectivity index is 1.95. The fraction of sp³-hybridized carbons (Fsp3) is 0.250. The third-order valence-electron chi connectivity index (χ3n) is 2.22. The van der Waals surface area contributed by atoms with E-state index >= 15 is 0 Å². The second kappa shape index (κ2) is 6.81. The number of hydrogen-bond donors (Lipinski definition) is 0. The molecule has 5 nitrogen and oxygen atoms in total. The Morgan fingerprint density at radius 3 is 2.62 bits per heavy atom. The summed E-state index contributed by atoms with van der Waals surface area (Å²) in [5.41, 5.74) is 0.348. The maximum absolute atomic E-state index is 13.0. The first kappa shape index (κ1) is 15.6. The van der Waals surface area contributed by atoms with Crippen LogP contribution in [0.15, 0.2) is 23.4 Å². The molecule has 9 heteroatoms. The summed E-state index contributed by atoms with van der Waals surface area (Å²) in [5, 5.41) is 0.305. The number of thioether (sulfide) groups is 1. The Morgan fingerprint density at radius 2 is 2.00 bits per heavy atom. The predicted octanol–water partition coefficient (Wildman–Crippen LogP) is 3.17. The van der Waals surface area contributed by atoms with Crippen LogP contribution in [-0.2, 0) is 6.61 Å². The average Bonchev–Trinajstić information content (AvgIpc) is 2.83. The molecule has 1 amide bonds. The van der Waals surface area contributed by atoms with Crippen LogP contribution in [0.3, 0.4) is 0 Å². The van der Waals surface area contributed by atoms with Gasteiger partial charge in [0.05, 0.1) is 0 Å². The van der Waals surface area contributed by atoms with Crippen molar-refractivity contribution in [1.82, 2.24) is 14.3 Å². The molecule has 2 rings (SSSR count). The lowest BCUT2D eigenvalue weighted by Gasteiger charge is -2.06. The van der Waals surface area contributed by atoms with Crippen LogP contribution in [0, 0.1) is 11.6 Å². The number of amides is 1. The van der Waals surface area contributed by atoms with Gasteiger partial charge in [0.1, 0.15) is 18.2 Å². The third kappa shape index (κ3) is 4.64. The standard InChI is InChI=1S/C12H11F2N3O2S2/c1-17(2)12(18)20-10-15-11(21-16-10)19-6-7-3-8(13)5-9(14)4-7/h3-5H,6H2,1-2H3. The smallest absolute Gasteiger partial charge is 0.294 e. The molecule has 0 aliphatic heterocycles. The Labute approximate surface area is 128 Å². The molecule has 1 heterocycles. The fourth-order valence-electron chi connectivity index (χ4n) is 1.31. The van der Waals surface area contributed by atoms with Crippen molar-refractivity contribution in [1.29, 1.82) is 0 Å². The van der Waals surface area contributed by atoms with Crippen molar-refractivity contribution in [3.8, 4) is 5.19 Å². The molecule has 0 aliphatic rings. The highest BCUT2D eigenvalue weighted by molar-refractivity contribution is 8.13. The van der Waals surface area contributed by atoms with Crippen molar-refractivity contribution in [3.05, 3.63) is 35.4 Å². The fourth-order valence-corrected chi connectivity index (χ4v) is 2.53. The lowest BCUT2D eigenvalue weighted by atomic mass is 10.2. The van der Waals surface area contributed by atoms with E-state index in [4.69, 9.17) is 4.74 Å². The van der Waals surface area contributed by atoms with E-state index in [1.54, 1.807) is 14.1 Å². The predicted molar refractivity (Wildman–Crippen MR) is 75.5 cm³/mol. The van der Waals surface area contributed by atoms with E-state index in [0.717, 1.165) is 29.4 Å². The highest BCUT2D eigenvalue weighted by Crippen LogP contribution is 2.24. The molecule has 0 saturated heterocycles. The van der Waals surface area contributed by atoms with E-state index in [2.05, 4.69) is 9.36 Å². The van der Waals surface area contributed by atoms with Gasteiger partial charge in [-0.15, -0.1) is 0 Å². The lowest BCUT2D eigenvalue weighted by Crippen LogP contribution is -2.16. The number of carbonyl (C=O) groups excluding carboxylic acids is 1. The number of carbonyl (C=O) groups is 1. The van der Waals surface area contributed by atoms with Gasteiger partial charge in [0, 0.05) is 43.5 Å². The van der Waals surface area contributed by atoms with Crippen molar-refractivity contribution < 1.29 is 18.3 Å². The summed E-state index contributed by atoms with van der Waals surface area (Å²) >= 11 is 1.84. The SMILES string of the molecule is CN(C)C(=O)Sc1nsc(OCc2cc(F)cc(F)c2)n1. The zero-order valence-electron chi connectivity index (χ0n) is 11.2. The molecule has 0 fully saturated rings. The quantitative estimate of drug-likeness (QED) is 0.806. The summed E-state index contributed by atoms with van der Waals surface area (Å²) in [5.74, 6) is -1.34. The molecule has 0 bridgehead atoms. The largest absolute Gasteiger partial charge is 0.464 e. The van der Waals surface area contributed by atoms with Gasteiger partial charge in [-0.05, 0) is 17.7 Å².